The average molecular weight is 269 g/mol. The first kappa shape index (κ1) is 12.3. The molecule has 1 unspecified atom stereocenters. The number of nitrogens with zero attached hydrogens (tertiary/aromatic N) is 1. The Balaban J connectivity index is 1.82. The molecule has 0 saturated heterocycles. The maximum absolute atomic E-state index is 10.3. The molecule has 0 amide bonds. The van der Waals surface area contributed by atoms with Gasteiger partial charge in [0.25, 0.3) is 0 Å². The molecular weight excluding hydrogens is 254 g/mol. The average Bonchev–Trinajstić information content (AvgIpc) is 2.88. The van der Waals surface area contributed by atoms with Crippen molar-refractivity contribution < 1.29 is 5.11 Å². The first-order chi connectivity index (χ1) is 9.22. The van der Waals surface area contributed by atoms with Crippen LogP contribution < -0.4 is 0 Å². The molecule has 3 aromatic rings. The molecular formula is C16H15NOS. The maximum Gasteiger partial charge on any atom is 0.0845 e. The molecule has 0 fully saturated rings. The second-order valence-electron chi connectivity index (χ2n) is 4.78. The fraction of sp³-hybridized carbons (Fsp3) is 0.188. The van der Waals surface area contributed by atoms with Gasteiger partial charge in [-0.25, -0.2) is 0 Å². The van der Waals surface area contributed by atoms with Crippen LogP contribution in [-0.2, 0) is 6.42 Å². The third-order valence-corrected chi connectivity index (χ3v) is 4.11. The van der Waals surface area contributed by atoms with Crippen LogP contribution in [0.15, 0.2) is 48.0 Å². The molecule has 1 aromatic carbocycles. The fourth-order valence-electron chi connectivity index (χ4n) is 2.11. The molecule has 19 heavy (non-hydrogen) atoms. The van der Waals surface area contributed by atoms with E-state index < -0.39 is 6.10 Å². The molecule has 96 valence electrons. The SMILES string of the molecule is Cc1ccc(CC(O)c2cnc3ccsc3c2)cc1. The van der Waals surface area contributed by atoms with E-state index in [9.17, 15) is 5.11 Å². The number of thiophene rings is 1. The monoisotopic (exact) mass is 269 g/mol. The summed E-state index contributed by atoms with van der Waals surface area (Å²) in [4.78, 5) is 4.37. The Kier molecular flexibility index (Phi) is 3.32. The third kappa shape index (κ3) is 2.67. The highest BCUT2D eigenvalue weighted by Gasteiger charge is 2.10. The molecule has 2 nitrogen and oxygen atoms in total. The quantitative estimate of drug-likeness (QED) is 0.782. The molecule has 2 aromatic heterocycles. The predicted molar refractivity (Wildman–Crippen MR) is 79.5 cm³/mol. The summed E-state index contributed by atoms with van der Waals surface area (Å²) in [5.74, 6) is 0. The van der Waals surface area contributed by atoms with Crippen molar-refractivity contribution in [1.29, 1.82) is 0 Å². The lowest BCUT2D eigenvalue weighted by atomic mass is 10.0. The lowest BCUT2D eigenvalue weighted by Gasteiger charge is -2.11. The van der Waals surface area contributed by atoms with Crippen LogP contribution in [0.2, 0.25) is 0 Å². The first-order valence-electron chi connectivity index (χ1n) is 6.29. The largest absolute Gasteiger partial charge is 0.388 e. The van der Waals surface area contributed by atoms with Gasteiger partial charge in [0.1, 0.15) is 0 Å². The van der Waals surface area contributed by atoms with Crippen LogP contribution in [0.3, 0.4) is 0 Å². The number of hydrogen-bond acceptors (Lipinski definition) is 3. The van der Waals surface area contributed by atoms with Crippen molar-refractivity contribution in [2.75, 3.05) is 0 Å². The highest BCUT2D eigenvalue weighted by atomic mass is 32.1. The molecule has 3 rings (SSSR count). The number of aromatic nitrogens is 1. The van der Waals surface area contributed by atoms with Gasteiger partial charge in [-0.3, -0.25) is 4.98 Å². The molecule has 0 saturated carbocycles. The van der Waals surface area contributed by atoms with Crippen LogP contribution in [-0.4, -0.2) is 10.1 Å². The number of hydrogen-bond donors (Lipinski definition) is 1. The minimum atomic E-state index is -0.498. The maximum atomic E-state index is 10.3. The highest BCUT2D eigenvalue weighted by molar-refractivity contribution is 7.17. The summed E-state index contributed by atoms with van der Waals surface area (Å²) in [5, 5.41) is 12.3. The summed E-state index contributed by atoms with van der Waals surface area (Å²) in [7, 11) is 0. The van der Waals surface area contributed by atoms with Crippen LogP contribution in [0.1, 0.15) is 22.8 Å². The molecule has 0 radical (unpaired) electrons. The Hall–Kier alpha value is -1.71. The molecule has 0 aliphatic carbocycles. The number of benzene rings is 1. The summed E-state index contributed by atoms with van der Waals surface area (Å²) in [6.07, 6.45) is 1.90. The lowest BCUT2D eigenvalue weighted by molar-refractivity contribution is 0.178. The van der Waals surface area contributed by atoms with Crippen molar-refractivity contribution in [2.24, 2.45) is 0 Å². The van der Waals surface area contributed by atoms with Gasteiger partial charge in [0.05, 0.1) is 16.3 Å². The third-order valence-electron chi connectivity index (χ3n) is 3.26. The molecule has 1 atom stereocenters. The Morgan fingerprint density at radius 3 is 2.79 bits per heavy atom. The lowest BCUT2D eigenvalue weighted by Crippen LogP contribution is -2.02. The van der Waals surface area contributed by atoms with Gasteiger partial charge in [0.15, 0.2) is 0 Å². The molecule has 0 aliphatic heterocycles. The summed E-state index contributed by atoms with van der Waals surface area (Å²) < 4.78 is 1.13. The zero-order chi connectivity index (χ0) is 13.2. The molecule has 3 heteroatoms. The van der Waals surface area contributed by atoms with Crippen LogP contribution in [0.25, 0.3) is 10.2 Å². The standard InChI is InChI=1S/C16H15NOS/c1-11-2-4-12(5-3-11)8-15(18)13-9-16-14(17-10-13)6-7-19-16/h2-7,9-10,15,18H,8H2,1H3. The van der Waals surface area contributed by atoms with E-state index in [1.54, 1.807) is 17.5 Å². The van der Waals surface area contributed by atoms with E-state index in [2.05, 4.69) is 36.2 Å². The minimum Gasteiger partial charge on any atom is -0.388 e. The van der Waals surface area contributed by atoms with Gasteiger partial charge < -0.3 is 5.11 Å². The number of aryl methyl sites for hydroxylation is 1. The Bertz CT molecular complexity index is 687. The summed E-state index contributed by atoms with van der Waals surface area (Å²) in [5.41, 5.74) is 4.26. The Morgan fingerprint density at radius 2 is 2.00 bits per heavy atom. The number of rotatable bonds is 3. The normalized spacial score (nSPS) is 12.7. The zero-order valence-corrected chi connectivity index (χ0v) is 11.5. The van der Waals surface area contributed by atoms with Gasteiger partial charge in [0, 0.05) is 18.2 Å². The second-order valence-corrected chi connectivity index (χ2v) is 5.73. The van der Waals surface area contributed by atoms with Crippen LogP contribution >= 0.6 is 11.3 Å². The molecule has 0 spiro atoms. The van der Waals surface area contributed by atoms with Crippen molar-refractivity contribution in [3.63, 3.8) is 0 Å². The zero-order valence-electron chi connectivity index (χ0n) is 10.7. The Labute approximate surface area is 116 Å². The van der Waals surface area contributed by atoms with Gasteiger partial charge in [-0.05, 0) is 30.0 Å². The minimum absolute atomic E-state index is 0.498. The highest BCUT2D eigenvalue weighted by Crippen LogP contribution is 2.24. The van der Waals surface area contributed by atoms with E-state index in [1.807, 2.05) is 17.5 Å². The molecule has 1 N–H and O–H groups in total. The van der Waals surface area contributed by atoms with Gasteiger partial charge in [0.2, 0.25) is 0 Å². The number of aliphatic hydroxyl groups excluding tert-OH is 1. The van der Waals surface area contributed by atoms with Crippen LogP contribution in [0.5, 0.6) is 0 Å². The topological polar surface area (TPSA) is 33.1 Å². The van der Waals surface area contributed by atoms with Gasteiger partial charge in [-0.2, -0.15) is 0 Å². The Morgan fingerprint density at radius 1 is 1.21 bits per heavy atom. The predicted octanol–water partition coefficient (Wildman–Crippen LogP) is 3.88. The molecule has 0 bridgehead atoms. The second kappa shape index (κ2) is 5.11. The van der Waals surface area contributed by atoms with E-state index in [1.165, 1.54) is 5.56 Å². The summed E-state index contributed by atoms with van der Waals surface area (Å²) in [6, 6.07) is 12.3. The van der Waals surface area contributed by atoms with Crippen LogP contribution in [0, 0.1) is 6.92 Å². The van der Waals surface area contributed by atoms with E-state index in [0.717, 1.165) is 21.3 Å². The van der Waals surface area contributed by atoms with Crippen molar-refractivity contribution in [1.82, 2.24) is 4.98 Å². The smallest absolute Gasteiger partial charge is 0.0845 e. The van der Waals surface area contributed by atoms with Gasteiger partial charge in [-0.1, -0.05) is 29.8 Å². The molecule has 2 heterocycles. The van der Waals surface area contributed by atoms with E-state index in [0.29, 0.717) is 6.42 Å². The summed E-state index contributed by atoms with van der Waals surface area (Å²) in [6.45, 7) is 2.06. The number of pyridine rings is 1. The van der Waals surface area contributed by atoms with E-state index in [-0.39, 0.29) is 0 Å². The summed E-state index contributed by atoms with van der Waals surface area (Å²) >= 11 is 1.65. The van der Waals surface area contributed by atoms with E-state index >= 15 is 0 Å². The van der Waals surface area contributed by atoms with Crippen molar-refractivity contribution in [3.05, 3.63) is 64.7 Å². The van der Waals surface area contributed by atoms with Gasteiger partial charge >= 0.3 is 0 Å². The fourth-order valence-corrected chi connectivity index (χ4v) is 2.90. The van der Waals surface area contributed by atoms with E-state index in [4.69, 9.17) is 0 Å². The molecule has 0 aliphatic rings. The van der Waals surface area contributed by atoms with Gasteiger partial charge in [-0.15, -0.1) is 11.3 Å². The first-order valence-corrected chi connectivity index (χ1v) is 7.17. The number of fused-ring (bicyclic) bond motifs is 1. The number of aliphatic hydroxyl groups is 1. The van der Waals surface area contributed by atoms with Crippen molar-refractivity contribution in [3.8, 4) is 0 Å². The van der Waals surface area contributed by atoms with Crippen molar-refractivity contribution >= 4 is 21.6 Å². The van der Waals surface area contributed by atoms with Crippen molar-refractivity contribution in [2.45, 2.75) is 19.4 Å². The van der Waals surface area contributed by atoms with Crippen LogP contribution in [0.4, 0.5) is 0 Å².